The summed E-state index contributed by atoms with van der Waals surface area (Å²) in [5.41, 5.74) is 0.678. The second-order valence-corrected chi connectivity index (χ2v) is 5.55. The standard InChI is InChI=1S/C15H15BrF2N2/c1-10(4-2-5-14-19-6-3-7-20-14)11-8-12(17)15(16)13(18)9-11/h3,6-10H,2,4-5H2,1H3. The summed E-state index contributed by atoms with van der Waals surface area (Å²) in [6.07, 6.45) is 5.91. The zero-order valence-electron chi connectivity index (χ0n) is 11.1. The lowest BCUT2D eigenvalue weighted by Crippen LogP contribution is -2.00. The van der Waals surface area contributed by atoms with Crippen molar-refractivity contribution in [2.75, 3.05) is 0 Å². The SMILES string of the molecule is CC(CCCc1ncccn1)c1cc(F)c(Br)c(F)c1. The first-order valence-corrected chi connectivity index (χ1v) is 7.27. The van der Waals surface area contributed by atoms with Crippen LogP contribution in [0.5, 0.6) is 0 Å². The Bertz CT molecular complexity index is 552. The highest BCUT2D eigenvalue weighted by Crippen LogP contribution is 2.27. The van der Waals surface area contributed by atoms with Crippen molar-refractivity contribution >= 4 is 15.9 Å². The van der Waals surface area contributed by atoms with Crippen molar-refractivity contribution in [1.82, 2.24) is 9.97 Å². The third-order valence-corrected chi connectivity index (χ3v) is 3.99. The number of aromatic nitrogens is 2. The quantitative estimate of drug-likeness (QED) is 0.740. The average Bonchev–Trinajstić information content (AvgIpc) is 2.45. The summed E-state index contributed by atoms with van der Waals surface area (Å²) in [5, 5.41) is 0. The van der Waals surface area contributed by atoms with E-state index in [9.17, 15) is 8.78 Å². The molecule has 20 heavy (non-hydrogen) atoms. The Hall–Kier alpha value is -1.36. The van der Waals surface area contributed by atoms with E-state index in [1.54, 1.807) is 18.5 Å². The molecule has 0 spiro atoms. The lowest BCUT2D eigenvalue weighted by molar-refractivity contribution is 0.556. The van der Waals surface area contributed by atoms with Crippen molar-refractivity contribution in [2.24, 2.45) is 0 Å². The fourth-order valence-corrected chi connectivity index (χ4v) is 2.28. The molecule has 0 radical (unpaired) electrons. The Morgan fingerprint density at radius 3 is 2.35 bits per heavy atom. The minimum Gasteiger partial charge on any atom is -0.241 e. The first kappa shape index (κ1) is 15.0. The van der Waals surface area contributed by atoms with Crippen LogP contribution in [-0.4, -0.2) is 9.97 Å². The lowest BCUT2D eigenvalue weighted by atomic mass is 9.95. The van der Waals surface area contributed by atoms with Crippen LogP contribution in [0.1, 0.15) is 37.1 Å². The highest BCUT2D eigenvalue weighted by molar-refractivity contribution is 9.10. The molecule has 0 saturated heterocycles. The van der Waals surface area contributed by atoms with E-state index in [1.807, 2.05) is 6.92 Å². The lowest BCUT2D eigenvalue weighted by Gasteiger charge is -2.12. The summed E-state index contributed by atoms with van der Waals surface area (Å²) in [6, 6.07) is 4.55. The monoisotopic (exact) mass is 340 g/mol. The topological polar surface area (TPSA) is 25.8 Å². The number of nitrogens with zero attached hydrogens (tertiary/aromatic N) is 2. The van der Waals surface area contributed by atoms with E-state index < -0.39 is 11.6 Å². The van der Waals surface area contributed by atoms with E-state index in [2.05, 4.69) is 25.9 Å². The number of rotatable bonds is 5. The molecule has 0 N–H and O–H groups in total. The van der Waals surface area contributed by atoms with E-state index in [1.165, 1.54) is 12.1 Å². The van der Waals surface area contributed by atoms with Gasteiger partial charge in [-0.2, -0.15) is 0 Å². The Labute approximate surface area is 125 Å². The third kappa shape index (κ3) is 3.82. The second-order valence-electron chi connectivity index (χ2n) is 4.76. The van der Waals surface area contributed by atoms with Gasteiger partial charge < -0.3 is 0 Å². The molecule has 1 unspecified atom stereocenters. The van der Waals surface area contributed by atoms with Gasteiger partial charge in [-0.3, -0.25) is 0 Å². The molecule has 0 aliphatic heterocycles. The minimum absolute atomic E-state index is 0.0933. The van der Waals surface area contributed by atoms with Gasteiger partial charge in [0.05, 0.1) is 4.47 Å². The van der Waals surface area contributed by atoms with Gasteiger partial charge in [-0.1, -0.05) is 6.92 Å². The fraction of sp³-hybridized carbons (Fsp3) is 0.333. The van der Waals surface area contributed by atoms with Crippen LogP contribution < -0.4 is 0 Å². The molecule has 1 heterocycles. The van der Waals surface area contributed by atoms with E-state index in [4.69, 9.17) is 0 Å². The molecule has 2 aromatic rings. The van der Waals surface area contributed by atoms with Crippen LogP contribution in [-0.2, 0) is 6.42 Å². The maximum absolute atomic E-state index is 13.5. The van der Waals surface area contributed by atoms with Crippen LogP contribution in [0.3, 0.4) is 0 Å². The molecule has 1 aromatic carbocycles. The van der Waals surface area contributed by atoms with Gasteiger partial charge in [0.25, 0.3) is 0 Å². The Kier molecular flexibility index (Phi) is 5.17. The zero-order valence-corrected chi connectivity index (χ0v) is 12.7. The van der Waals surface area contributed by atoms with Gasteiger partial charge in [-0.25, -0.2) is 18.7 Å². The molecule has 0 aliphatic carbocycles. The van der Waals surface area contributed by atoms with Crippen LogP contribution in [0.15, 0.2) is 35.1 Å². The molecular weight excluding hydrogens is 326 g/mol. The van der Waals surface area contributed by atoms with Crippen LogP contribution >= 0.6 is 15.9 Å². The Morgan fingerprint density at radius 1 is 1.15 bits per heavy atom. The van der Waals surface area contributed by atoms with Gasteiger partial charge in [0, 0.05) is 18.8 Å². The summed E-state index contributed by atoms with van der Waals surface area (Å²) in [7, 11) is 0. The number of benzene rings is 1. The smallest absolute Gasteiger partial charge is 0.140 e. The number of hydrogen-bond acceptors (Lipinski definition) is 2. The Balaban J connectivity index is 1.93. The summed E-state index contributed by atoms with van der Waals surface area (Å²) < 4.78 is 26.9. The molecule has 2 nitrogen and oxygen atoms in total. The van der Waals surface area contributed by atoms with Gasteiger partial charge in [0.1, 0.15) is 17.5 Å². The molecule has 0 aliphatic rings. The molecule has 0 saturated carbocycles. The van der Waals surface area contributed by atoms with E-state index >= 15 is 0 Å². The van der Waals surface area contributed by atoms with Gasteiger partial charge >= 0.3 is 0 Å². The summed E-state index contributed by atoms with van der Waals surface area (Å²) in [6.45, 7) is 1.97. The molecule has 0 amide bonds. The Morgan fingerprint density at radius 2 is 1.75 bits per heavy atom. The second kappa shape index (κ2) is 6.88. The maximum Gasteiger partial charge on any atom is 0.140 e. The van der Waals surface area contributed by atoms with Crippen molar-refractivity contribution in [3.63, 3.8) is 0 Å². The highest BCUT2D eigenvalue weighted by Gasteiger charge is 2.13. The third-order valence-electron chi connectivity index (χ3n) is 3.23. The van der Waals surface area contributed by atoms with Gasteiger partial charge in [0.2, 0.25) is 0 Å². The van der Waals surface area contributed by atoms with Crippen molar-refractivity contribution in [2.45, 2.75) is 32.1 Å². The normalized spacial score (nSPS) is 12.4. The van der Waals surface area contributed by atoms with Crippen molar-refractivity contribution < 1.29 is 8.78 Å². The maximum atomic E-state index is 13.5. The average molecular weight is 341 g/mol. The van der Waals surface area contributed by atoms with Crippen molar-refractivity contribution in [1.29, 1.82) is 0 Å². The molecule has 0 fully saturated rings. The van der Waals surface area contributed by atoms with E-state index in [-0.39, 0.29) is 10.4 Å². The van der Waals surface area contributed by atoms with Gasteiger partial charge in [0.15, 0.2) is 0 Å². The predicted molar refractivity (Wildman–Crippen MR) is 77.4 cm³/mol. The highest BCUT2D eigenvalue weighted by atomic mass is 79.9. The fourth-order valence-electron chi connectivity index (χ4n) is 2.05. The molecule has 1 aromatic heterocycles. The van der Waals surface area contributed by atoms with Crippen LogP contribution in [0.2, 0.25) is 0 Å². The van der Waals surface area contributed by atoms with E-state index in [0.29, 0.717) is 5.56 Å². The molecule has 5 heteroatoms. The zero-order chi connectivity index (χ0) is 14.5. The molecule has 1 atom stereocenters. The summed E-state index contributed by atoms with van der Waals surface area (Å²) >= 11 is 2.88. The van der Waals surface area contributed by atoms with E-state index in [0.717, 1.165) is 25.1 Å². The molecule has 106 valence electrons. The minimum atomic E-state index is -0.557. The van der Waals surface area contributed by atoms with Gasteiger partial charge in [-0.15, -0.1) is 0 Å². The van der Waals surface area contributed by atoms with Crippen LogP contribution in [0, 0.1) is 11.6 Å². The van der Waals surface area contributed by atoms with Crippen LogP contribution in [0.25, 0.3) is 0 Å². The molecular formula is C15H15BrF2N2. The number of halogens is 3. The van der Waals surface area contributed by atoms with Crippen LogP contribution in [0.4, 0.5) is 8.78 Å². The first-order chi connectivity index (χ1) is 9.58. The van der Waals surface area contributed by atoms with Gasteiger partial charge in [-0.05, 0) is 58.5 Å². The predicted octanol–water partition coefficient (Wildman–Crippen LogP) is 4.64. The first-order valence-electron chi connectivity index (χ1n) is 6.48. The number of aryl methyl sites for hydroxylation is 1. The van der Waals surface area contributed by atoms with Crippen molar-refractivity contribution in [3.05, 3.63) is 58.1 Å². The molecule has 0 bridgehead atoms. The van der Waals surface area contributed by atoms with Crippen molar-refractivity contribution in [3.8, 4) is 0 Å². The summed E-state index contributed by atoms with van der Waals surface area (Å²) in [5.74, 6) is -0.222. The number of hydrogen-bond donors (Lipinski definition) is 0. The largest absolute Gasteiger partial charge is 0.241 e. The summed E-state index contributed by atoms with van der Waals surface area (Å²) in [4.78, 5) is 8.30. The molecule has 2 rings (SSSR count).